The van der Waals surface area contributed by atoms with Gasteiger partial charge in [0.2, 0.25) is 0 Å². The van der Waals surface area contributed by atoms with Crippen molar-refractivity contribution in [3.63, 3.8) is 0 Å². The Bertz CT molecular complexity index is 441. The van der Waals surface area contributed by atoms with Crippen molar-refractivity contribution in [3.8, 4) is 0 Å². The van der Waals surface area contributed by atoms with Crippen LogP contribution in [0.2, 0.25) is 8.25 Å². The second kappa shape index (κ2) is 6.27. The molecule has 2 aliphatic carbocycles. The van der Waals surface area contributed by atoms with E-state index in [0.717, 1.165) is 0 Å². The molecule has 19 heavy (non-hydrogen) atoms. The second-order valence-electron chi connectivity index (χ2n) is 5.84. The van der Waals surface area contributed by atoms with E-state index >= 15 is 0 Å². The van der Waals surface area contributed by atoms with Gasteiger partial charge in [0.15, 0.2) is 0 Å². The van der Waals surface area contributed by atoms with Crippen molar-refractivity contribution in [2.75, 3.05) is 0 Å². The van der Waals surface area contributed by atoms with E-state index in [-0.39, 0.29) is 41.1 Å². The van der Waals surface area contributed by atoms with Crippen LogP contribution in [0.1, 0.15) is 41.5 Å². The average Bonchev–Trinajstić information content (AvgIpc) is 2.51. The topological polar surface area (TPSA) is 0 Å². The first-order chi connectivity index (χ1) is 7.75. The molecule has 2 atom stereocenters. The van der Waals surface area contributed by atoms with Gasteiger partial charge in [0.1, 0.15) is 0 Å². The first-order valence-corrected chi connectivity index (χ1v) is 7.65. The normalized spacial score (nSPS) is 32.3. The van der Waals surface area contributed by atoms with E-state index in [0.29, 0.717) is 8.25 Å². The summed E-state index contributed by atoms with van der Waals surface area (Å²) in [4.78, 5) is 0. The molecule has 0 aromatic carbocycles. The molecule has 0 bridgehead atoms. The van der Waals surface area contributed by atoms with E-state index in [2.05, 4.69) is 65.8 Å². The maximum atomic E-state index is 2.47. The zero-order chi connectivity index (χ0) is 12.8. The molecule has 0 saturated heterocycles. The molecule has 2 aliphatic rings. The van der Waals surface area contributed by atoms with Crippen LogP contribution in [-0.4, -0.2) is 0 Å². The Hall–Kier alpha value is 0.124. The molecule has 0 N–H and O–H groups in total. The largest absolute Gasteiger partial charge is 1.00 e. The van der Waals surface area contributed by atoms with Crippen molar-refractivity contribution < 1.29 is 41.1 Å². The quantitative estimate of drug-likeness (QED) is 0.622. The number of hydrogen-bond donors (Lipinski definition) is 0. The minimum Gasteiger partial charge on any atom is -1.00 e. The van der Waals surface area contributed by atoms with Gasteiger partial charge in [-0.25, -0.2) is 0 Å². The molecule has 0 saturated carbocycles. The van der Waals surface area contributed by atoms with Gasteiger partial charge in [-0.3, -0.25) is 0 Å². The summed E-state index contributed by atoms with van der Waals surface area (Å²) in [6.45, 7) is 13.8. The number of halogens is 2. The first-order valence-electron chi connectivity index (χ1n) is 6.26. The van der Waals surface area contributed by atoms with Crippen molar-refractivity contribution in [1.82, 2.24) is 0 Å². The molecule has 0 spiro atoms. The molecular formula is C16H22Cl2V. The van der Waals surface area contributed by atoms with Crippen molar-refractivity contribution >= 4 is 0 Å². The molecule has 3 heteroatoms. The van der Waals surface area contributed by atoms with Gasteiger partial charge in [-0.15, -0.1) is 0 Å². The molecule has 0 fully saturated rings. The van der Waals surface area contributed by atoms with Crippen molar-refractivity contribution in [3.05, 3.63) is 46.6 Å². The number of rotatable bonds is 2. The molecule has 0 aromatic heterocycles. The van der Waals surface area contributed by atoms with Crippen LogP contribution in [-0.2, 0) is 16.3 Å². The Balaban J connectivity index is 0.00000162. The van der Waals surface area contributed by atoms with Gasteiger partial charge in [-0.05, 0) is 0 Å². The SMILES string of the molecule is CC1=C[C](C)([V+2][C]2(C)C=C(C)C=C2C)C(C)=C1.[Cl-].[Cl-]. The first kappa shape index (κ1) is 19.1. The van der Waals surface area contributed by atoms with Crippen molar-refractivity contribution in [2.24, 2.45) is 0 Å². The Labute approximate surface area is 137 Å². The summed E-state index contributed by atoms with van der Waals surface area (Å²) in [7, 11) is 0. The van der Waals surface area contributed by atoms with Crippen LogP contribution in [0.25, 0.3) is 0 Å². The molecule has 2 unspecified atom stereocenters. The number of hydrogen-bond acceptors (Lipinski definition) is 0. The van der Waals surface area contributed by atoms with Gasteiger partial charge in [0, 0.05) is 0 Å². The van der Waals surface area contributed by atoms with E-state index in [4.69, 9.17) is 0 Å². The van der Waals surface area contributed by atoms with Gasteiger partial charge >= 0.3 is 113 Å². The maximum Gasteiger partial charge on any atom is -1.00 e. The van der Waals surface area contributed by atoms with Crippen LogP contribution in [0.5, 0.6) is 0 Å². The Morgan fingerprint density at radius 2 is 1.05 bits per heavy atom. The van der Waals surface area contributed by atoms with Crippen LogP contribution in [0.15, 0.2) is 46.6 Å². The third-order valence-corrected chi connectivity index (χ3v) is 6.92. The Kier molecular flexibility index (Phi) is 6.31. The Morgan fingerprint density at radius 3 is 1.26 bits per heavy atom. The van der Waals surface area contributed by atoms with Crippen LogP contribution in [0, 0.1) is 0 Å². The fourth-order valence-electron chi connectivity index (χ4n) is 2.90. The molecule has 0 radical (unpaired) electrons. The molecular weight excluding hydrogens is 314 g/mol. The number of allylic oxidation sites excluding steroid dienone is 8. The maximum absolute atomic E-state index is 2.47. The second-order valence-corrected chi connectivity index (χ2v) is 9.09. The summed E-state index contributed by atoms with van der Waals surface area (Å²) in [6, 6.07) is 0. The smallest absolute Gasteiger partial charge is 1.00 e. The fraction of sp³-hybridized carbons (Fsp3) is 0.500. The molecule has 2 rings (SSSR count). The summed E-state index contributed by atoms with van der Waals surface area (Å²) in [5, 5.41) is 0. The third-order valence-electron chi connectivity index (χ3n) is 3.97. The van der Waals surface area contributed by atoms with Crippen LogP contribution >= 0.6 is 0 Å². The summed E-state index contributed by atoms with van der Waals surface area (Å²) in [6.07, 6.45) is 9.65. The zero-order valence-corrected chi connectivity index (χ0v) is 15.4. The average molecular weight is 336 g/mol. The minimum atomic E-state index is 0. The monoisotopic (exact) mass is 335 g/mol. The van der Waals surface area contributed by atoms with E-state index in [1.807, 2.05) is 0 Å². The third kappa shape index (κ3) is 3.61. The standard InChI is InChI=1S/2C8H11.2ClH.V/c2*1-6-4-7(2)8(3)5-6;;;/h2*4-5H,1-3H3;2*1H;/q;;;;+2/p-2. The van der Waals surface area contributed by atoms with Crippen molar-refractivity contribution in [1.29, 1.82) is 0 Å². The van der Waals surface area contributed by atoms with Gasteiger partial charge in [0.25, 0.3) is 0 Å². The molecule has 0 amide bonds. The predicted molar refractivity (Wildman–Crippen MR) is 71.8 cm³/mol. The van der Waals surface area contributed by atoms with Gasteiger partial charge in [-0.1, -0.05) is 0 Å². The molecule has 0 aromatic rings. The summed E-state index contributed by atoms with van der Waals surface area (Å²) in [5.41, 5.74) is 5.96. The van der Waals surface area contributed by atoms with Gasteiger partial charge in [-0.2, -0.15) is 0 Å². The summed E-state index contributed by atoms with van der Waals surface area (Å²) < 4.78 is 0.650. The van der Waals surface area contributed by atoms with Gasteiger partial charge in [0.05, 0.1) is 0 Å². The van der Waals surface area contributed by atoms with Crippen LogP contribution in [0.3, 0.4) is 0 Å². The molecule has 105 valence electrons. The summed E-state index contributed by atoms with van der Waals surface area (Å²) >= 11 is 0.197. The van der Waals surface area contributed by atoms with Crippen LogP contribution < -0.4 is 24.8 Å². The van der Waals surface area contributed by atoms with E-state index in [1.165, 1.54) is 11.1 Å². The van der Waals surface area contributed by atoms with E-state index in [1.54, 1.807) is 11.1 Å². The zero-order valence-electron chi connectivity index (χ0n) is 12.5. The molecule has 0 nitrogen and oxygen atoms in total. The van der Waals surface area contributed by atoms with E-state index in [9.17, 15) is 0 Å². The minimum absolute atomic E-state index is 0. The molecule has 0 heterocycles. The summed E-state index contributed by atoms with van der Waals surface area (Å²) in [5.74, 6) is 0. The fourth-order valence-corrected chi connectivity index (χ4v) is 5.99. The Morgan fingerprint density at radius 1 is 0.737 bits per heavy atom. The van der Waals surface area contributed by atoms with Gasteiger partial charge < -0.3 is 24.8 Å². The van der Waals surface area contributed by atoms with Crippen molar-refractivity contribution in [2.45, 2.75) is 49.8 Å². The van der Waals surface area contributed by atoms with E-state index < -0.39 is 0 Å². The predicted octanol–water partition coefficient (Wildman–Crippen LogP) is -0.753. The molecule has 0 aliphatic heterocycles. The van der Waals surface area contributed by atoms with Crippen LogP contribution in [0.4, 0.5) is 0 Å².